The van der Waals surface area contributed by atoms with Crippen LogP contribution in [-0.4, -0.2) is 12.5 Å². The number of fused-ring (bicyclic) bond motifs is 1. The number of rotatable bonds is 6. The summed E-state index contributed by atoms with van der Waals surface area (Å²) >= 11 is 0. The third-order valence-corrected chi connectivity index (χ3v) is 4.47. The highest BCUT2D eigenvalue weighted by Crippen LogP contribution is 2.21. The van der Waals surface area contributed by atoms with Crippen molar-refractivity contribution < 1.29 is 9.53 Å². The molecule has 0 radical (unpaired) electrons. The molecule has 3 aromatic carbocycles. The van der Waals surface area contributed by atoms with Crippen LogP contribution in [0.15, 0.2) is 66.7 Å². The van der Waals surface area contributed by atoms with E-state index in [2.05, 4.69) is 37.4 Å². The Bertz CT molecular complexity index is 855. The zero-order chi connectivity index (χ0) is 17.6. The van der Waals surface area contributed by atoms with Gasteiger partial charge in [0.1, 0.15) is 5.75 Å². The summed E-state index contributed by atoms with van der Waals surface area (Å²) in [4.78, 5) is 12.1. The lowest BCUT2D eigenvalue weighted by Crippen LogP contribution is -2.20. The number of benzene rings is 3. The van der Waals surface area contributed by atoms with Crippen molar-refractivity contribution in [2.45, 2.75) is 26.2 Å². The molecule has 0 aliphatic carbocycles. The van der Waals surface area contributed by atoms with Gasteiger partial charge >= 0.3 is 0 Å². The number of hydrogen-bond donors (Lipinski definition) is 1. The van der Waals surface area contributed by atoms with E-state index in [0.29, 0.717) is 11.7 Å². The van der Waals surface area contributed by atoms with E-state index in [-0.39, 0.29) is 12.5 Å². The van der Waals surface area contributed by atoms with E-state index in [1.54, 1.807) is 0 Å². The molecular weight excluding hydrogens is 310 g/mol. The van der Waals surface area contributed by atoms with Crippen LogP contribution in [0.1, 0.15) is 31.7 Å². The van der Waals surface area contributed by atoms with Crippen LogP contribution in [0.25, 0.3) is 10.8 Å². The zero-order valence-corrected chi connectivity index (χ0v) is 14.7. The van der Waals surface area contributed by atoms with E-state index < -0.39 is 0 Å². The fourth-order valence-corrected chi connectivity index (χ4v) is 2.73. The number of anilines is 1. The van der Waals surface area contributed by atoms with Gasteiger partial charge in [-0.15, -0.1) is 0 Å². The maximum atomic E-state index is 12.1. The molecule has 0 saturated heterocycles. The number of carbonyl (C=O) groups excluding carboxylic acids is 1. The van der Waals surface area contributed by atoms with Gasteiger partial charge in [-0.05, 0) is 52.9 Å². The topological polar surface area (TPSA) is 38.3 Å². The molecule has 128 valence electrons. The molecule has 0 spiro atoms. The van der Waals surface area contributed by atoms with E-state index >= 15 is 0 Å². The van der Waals surface area contributed by atoms with E-state index in [1.165, 1.54) is 5.56 Å². The largest absolute Gasteiger partial charge is 0.484 e. The molecule has 1 atom stereocenters. The summed E-state index contributed by atoms with van der Waals surface area (Å²) in [6, 6.07) is 21.9. The Kier molecular flexibility index (Phi) is 5.34. The molecular formula is C22H23NO2. The summed E-state index contributed by atoms with van der Waals surface area (Å²) in [6.45, 7) is 4.36. The maximum Gasteiger partial charge on any atom is 0.262 e. The predicted octanol–water partition coefficient (Wildman–Crippen LogP) is 5.37. The summed E-state index contributed by atoms with van der Waals surface area (Å²) in [5.41, 5.74) is 2.08. The van der Waals surface area contributed by atoms with Crippen molar-refractivity contribution in [3.63, 3.8) is 0 Å². The average molecular weight is 333 g/mol. The Balaban J connectivity index is 1.56. The molecule has 3 rings (SSSR count). The van der Waals surface area contributed by atoms with Gasteiger partial charge in [0.05, 0.1) is 0 Å². The number of ether oxygens (including phenoxy) is 1. The van der Waals surface area contributed by atoms with Crippen molar-refractivity contribution in [1.82, 2.24) is 0 Å². The molecule has 1 N–H and O–H groups in total. The Labute approximate surface area is 148 Å². The van der Waals surface area contributed by atoms with E-state index in [0.717, 1.165) is 22.9 Å². The van der Waals surface area contributed by atoms with Gasteiger partial charge in [0.25, 0.3) is 5.91 Å². The second-order valence-electron chi connectivity index (χ2n) is 6.28. The second-order valence-corrected chi connectivity index (χ2v) is 6.28. The highest BCUT2D eigenvalue weighted by atomic mass is 16.5. The van der Waals surface area contributed by atoms with Crippen LogP contribution in [0.3, 0.4) is 0 Å². The van der Waals surface area contributed by atoms with E-state index in [9.17, 15) is 4.79 Å². The first kappa shape index (κ1) is 17.0. The fraction of sp³-hybridized carbons (Fsp3) is 0.227. The van der Waals surface area contributed by atoms with Gasteiger partial charge in [-0.25, -0.2) is 0 Å². The van der Waals surface area contributed by atoms with E-state index in [1.807, 2.05) is 48.5 Å². The Morgan fingerprint density at radius 2 is 1.72 bits per heavy atom. The molecule has 0 bridgehead atoms. The Morgan fingerprint density at radius 1 is 1.00 bits per heavy atom. The van der Waals surface area contributed by atoms with Crippen LogP contribution in [0.4, 0.5) is 5.69 Å². The van der Waals surface area contributed by atoms with Crippen molar-refractivity contribution in [3.8, 4) is 5.75 Å². The number of nitrogens with one attached hydrogen (secondary N) is 1. The molecule has 0 fully saturated rings. The molecule has 0 unspecified atom stereocenters. The number of carbonyl (C=O) groups is 1. The minimum absolute atomic E-state index is 0.00848. The van der Waals surface area contributed by atoms with Crippen LogP contribution < -0.4 is 10.1 Å². The lowest BCUT2D eigenvalue weighted by atomic mass is 9.99. The fourth-order valence-electron chi connectivity index (χ4n) is 2.73. The molecule has 1 amide bonds. The van der Waals surface area contributed by atoms with Crippen LogP contribution in [-0.2, 0) is 4.79 Å². The molecule has 0 aliphatic rings. The normalized spacial score (nSPS) is 11.9. The summed E-state index contributed by atoms with van der Waals surface area (Å²) in [6.07, 6.45) is 1.10. The predicted molar refractivity (Wildman–Crippen MR) is 103 cm³/mol. The third-order valence-electron chi connectivity index (χ3n) is 4.47. The first-order valence-electron chi connectivity index (χ1n) is 8.67. The van der Waals surface area contributed by atoms with Crippen molar-refractivity contribution >= 4 is 22.4 Å². The van der Waals surface area contributed by atoms with Crippen LogP contribution >= 0.6 is 0 Å². The first-order valence-corrected chi connectivity index (χ1v) is 8.67. The smallest absolute Gasteiger partial charge is 0.262 e. The Morgan fingerprint density at radius 3 is 2.44 bits per heavy atom. The van der Waals surface area contributed by atoms with Gasteiger partial charge < -0.3 is 10.1 Å². The molecule has 0 aliphatic heterocycles. The van der Waals surface area contributed by atoms with E-state index in [4.69, 9.17) is 4.74 Å². The second kappa shape index (κ2) is 7.84. The lowest BCUT2D eigenvalue weighted by molar-refractivity contribution is -0.118. The van der Waals surface area contributed by atoms with Gasteiger partial charge in [0.15, 0.2) is 6.61 Å². The minimum Gasteiger partial charge on any atom is -0.484 e. The number of amides is 1. The quantitative estimate of drug-likeness (QED) is 0.658. The summed E-state index contributed by atoms with van der Waals surface area (Å²) in [5.74, 6) is 1.06. The van der Waals surface area contributed by atoms with Crippen molar-refractivity contribution in [1.29, 1.82) is 0 Å². The minimum atomic E-state index is -0.163. The molecule has 0 saturated carbocycles. The highest BCUT2D eigenvalue weighted by Gasteiger charge is 2.06. The molecule has 25 heavy (non-hydrogen) atoms. The van der Waals surface area contributed by atoms with Gasteiger partial charge in [-0.3, -0.25) is 4.79 Å². The summed E-state index contributed by atoms with van der Waals surface area (Å²) < 4.78 is 5.62. The van der Waals surface area contributed by atoms with Crippen LogP contribution in [0.5, 0.6) is 5.75 Å². The van der Waals surface area contributed by atoms with Gasteiger partial charge in [0.2, 0.25) is 0 Å². The molecule has 0 aromatic heterocycles. The average Bonchev–Trinajstić information content (AvgIpc) is 2.66. The number of hydrogen-bond acceptors (Lipinski definition) is 2. The maximum absolute atomic E-state index is 12.1. The van der Waals surface area contributed by atoms with Gasteiger partial charge in [0, 0.05) is 5.69 Å². The van der Waals surface area contributed by atoms with Crippen molar-refractivity contribution in [3.05, 3.63) is 72.3 Å². The molecule has 3 aromatic rings. The Hall–Kier alpha value is -2.81. The molecule has 3 nitrogen and oxygen atoms in total. The van der Waals surface area contributed by atoms with Crippen LogP contribution in [0.2, 0.25) is 0 Å². The van der Waals surface area contributed by atoms with Crippen molar-refractivity contribution in [2.75, 3.05) is 11.9 Å². The first-order chi connectivity index (χ1) is 12.2. The molecule has 3 heteroatoms. The van der Waals surface area contributed by atoms with Gasteiger partial charge in [-0.1, -0.05) is 56.3 Å². The lowest BCUT2D eigenvalue weighted by Gasteiger charge is -2.11. The van der Waals surface area contributed by atoms with Crippen molar-refractivity contribution in [2.24, 2.45) is 0 Å². The third kappa shape index (κ3) is 4.38. The monoisotopic (exact) mass is 333 g/mol. The van der Waals surface area contributed by atoms with Crippen LogP contribution in [0, 0.1) is 0 Å². The SMILES string of the molecule is CC[C@H](C)c1ccc(NC(=O)COc2ccc3ccccc3c2)cc1. The zero-order valence-electron chi connectivity index (χ0n) is 14.7. The highest BCUT2D eigenvalue weighted by molar-refractivity contribution is 5.92. The molecule has 0 heterocycles. The summed E-state index contributed by atoms with van der Waals surface area (Å²) in [7, 11) is 0. The van der Waals surface area contributed by atoms with Gasteiger partial charge in [-0.2, -0.15) is 0 Å². The summed E-state index contributed by atoms with van der Waals surface area (Å²) in [5, 5.41) is 5.12. The standard InChI is InChI=1S/C22H23NO2/c1-3-16(2)17-8-11-20(12-9-17)23-22(24)15-25-21-13-10-18-6-4-5-7-19(18)14-21/h4-14,16H,3,15H2,1-2H3,(H,23,24)/t16-/m0/s1.